The van der Waals surface area contributed by atoms with E-state index in [1.54, 1.807) is 24.3 Å². The molecule has 2 aromatic rings. The SMILES string of the molecule is COc1ccc([C@H]2NC(=O)NC(C)=C2C(=O)Nc2ccccc2C(F)(F)F)cc1. The van der Waals surface area contributed by atoms with Crippen LogP contribution in [0.3, 0.4) is 0 Å². The molecule has 6 nitrogen and oxygen atoms in total. The van der Waals surface area contributed by atoms with Gasteiger partial charge in [0.05, 0.1) is 30.0 Å². The third-order valence-electron chi connectivity index (χ3n) is 4.44. The van der Waals surface area contributed by atoms with Crippen LogP contribution in [0.1, 0.15) is 24.1 Å². The van der Waals surface area contributed by atoms with E-state index in [-0.39, 0.29) is 17.0 Å². The Kier molecular flexibility index (Phi) is 5.49. The van der Waals surface area contributed by atoms with E-state index in [9.17, 15) is 22.8 Å². The number of ether oxygens (including phenoxy) is 1. The predicted molar refractivity (Wildman–Crippen MR) is 100 cm³/mol. The Morgan fingerprint density at radius 1 is 1.10 bits per heavy atom. The zero-order valence-electron chi connectivity index (χ0n) is 15.6. The van der Waals surface area contributed by atoms with Gasteiger partial charge in [0.2, 0.25) is 0 Å². The molecule has 0 aromatic heterocycles. The molecule has 0 spiro atoms. The zero-order chi connectivity index (χ0) is 21.2. The highest BCUT2D eigenvalue weighted by atomic mass is 19.4. The van der Waals surface area contributed by atoms with Crippen molar-refractivity contribution in [3.8, 4) is 5.75 Å². The topological polar surface area (TPSA) is 79.5 Å². The van der Waals surface area contributed by atoms with Crippen molar-refractivity contribution in [3.05, 3.63) is 70.9 Å². The lowest BCUT2D eigenvalue weighted by Crippen LogP contribution is -2.46. The van der Waals surface area contributed by atoms with E-state index in [1.807, 2.05) is 0 Å². The summed E-state index contributed by atoms with van der Waals surface area (Å²) in [6.07, 6.45) is -4.62. The molecule has 0 radical (unpaired) electrons. The van der Waals surface area contributed by atoms with Gasteiger partial charge in [-0.05, 0) is 36.8 Å². The first-order chi connectivity index (χ1) is 13.7. The smallest absolute Gasteiger partial charge is 0.418 e. The number of hydrogen-bond acceptors (Lipinski definition) is 3. The van der Waals surface area contributed by atoms with Crippen LogP contribution in [0.5, 0.6) is 5.75 Å². The van der Waals surface area contributed by atoms with Crippen LogP contribution < -0.4 is 20.7 Å². The van der Waals surface area contributed by atoms with Crippen molar-refractivity contribution in [2.45, 2.75) is 19.1 Å². The summed E-state index contributed by atoms with van der Waals surface area (Å²) >= 11 is 0. The summed E-state index contributed by atoms with van der Waals surface area (Å²) in [6, 6.07) is 9.99. The van der Waals surface area contributed by atoms with Gasteiger partial charge in [0.1, 0.15) is 5.75 Å². The highest BCUT2D eigenvalue weighted by Crippen LogP contribution is 2.35. The van der Waals surface area contributed by atoms with Gasteiger partial charge < -0.3 is 20.7 Å². The number of anilines is 1. The summed E-state index contributed by atoms with van der Waals surface area (Å²) < 4.78 is 44.8. The number of nitrogens with one attached hydrogen (secondary N) is 3. The first-order valence-electron chi connectivity index (χ1n) is 8.60. The van der Waals surface area contributed by atoms with Crippen molar-refractivity contribution in [2.24, 2.45) is 0 Å². The molecule has 1 aliphatic heterocycles. The van der Waals surface area contributed by atoms with E-state index in [1.165, 1.54) is 32.2 Å². The van der Waals surface area contributed by atoms with E-state index in [0.29, 0.717) is 11.3 Å². The highest BCUT2D eigenvalue weighted by Gasteiger charge is 2.35. The second-order valence-electron chi connectivity index (χ2n) is 6.34. The Hall–Kier alpha value is -3.49. The van der Waals surface area contributed by atoms with Crippen LogP contribution in [-0.4, -0.2) is 19.0 Å². The van der Waals surface area contributed by atoms with Gasteiger partial charge in [-0.2, -0.15) is 13.2 Å². The maximum atomic E-state index is 13.2. The van der Waals surface area contributed by atoms with Crippen molar-refractivity contribution in [1.29, 1.82) is 0 Å². The van der Waals surface area contributed by atoms with Crippen LogP contribution in [0.25, 0.3) is 0 Å². The lowest BCUT2D eigenvalue weighted by Gasteiger charge is -2.29. The van der Waals surface area contributed by atoms with Crippen molar-refractivity contribution >= 4 is 17.6 Å². The molecule has 9 heteroatoms. The normalized spacial score (nSPS) is 16.7. The van der Waals surface area contributed by atoms with Gasteiger partial charge in [0.15, 0.2) is 0 Å². The van der Waals surface area contributed by atoms with Crippen LogP contribution in [0.4, 0.5) is 23.7 Å². The largest absolute Gasteiger partial charge is 0.497 e. The molecule has 0 saturated heterocycles. The van der Waals surface area contributed by atoms with Crippen LogP contribution in [0, 0.1) is 0 Å². The number of alkyl halides is 3. The maximum absolute atomic E-state index is 13.2. The number of carbonyl (C=O) groups is 2. The van der Waals surface area contributed by atoms with E-state index in [4.69, 9.17) is 4.74 Å². The van der Waals surface area contributed by atoms with Crippen molar-refractivity contribution < 1.29 is 27.5 Å². The molecule has 152 valence electrons. The molecule has 3 N–H and O–H groups in total. The highest BCUT2D eigenvalue weighted by molar-refractivity contribution is 6.07. The lowest BCUT2D eigenvalue weighted by molar-refractivity contribution is -0.137. The third-order valence-corrected chi connectivity index (χ3v) is 4.44. The van der Waals surface area contributed by atoms with E-state index in [2.05, 4.69) is 16.0 Å². The Labute approximate surface area is 164 Å². The Bertz CT molecular complexity index is 969. The summed E-state index contributed by atoms with van der Waals surface area (Å²) in [7, 11) is 1.50. The Morgan fingerprint density at radius 3 is 2.38 bits per heavy atom. The molecular formula is C20H18F3N3O3. The van der Waals surface area contributed by atoms with Gasteiger partial charge in [-0.25, -0.2) is 4.79 Å². The zero-order valence-corrected chi connectivity index (χ0v) is 15.6. The minimum atomic E-state index is -4.62. The van der Waals surface area contributed by atoms with E-state index < -0.39 is 29.7 Å². The number of hydrogen-bond donors (Lipinski definition) is 3. The van der Waals surface area contributed by atoms with Crippen molar-refractivity contribution in [3.63, 3.8) is 0 Å². The quantitative estimate of drug-likeness (QED) is 0.720. The number of benzene rings is 2. The summed E-state index contributed by atoms with van der Waals surface area (Å²) in [5, 5.41) is 7.44. The minimum Gasteiger partial charge on any atom is -0.497 e. The molecule has 0 bridgehead atoms. The molecule has 3 rings (SSSR count). The second-order valence-corrected chi connectivity index (χ2v) is 6.34. The fourth-order valence-electron chi connectivity index (χ4n) is 3.07. The maximum Gasteiger partial charge on any atom is 0.418 e. The molecule has 1 aliphatic rings. The van der Waals surface area contributed by atoms with Gasteiger partial charge in [0, 0.05) is 5.70 Å². The lowest BCUT2D eigenvalue weighted by atomic mass is 9.94. The van der Waals surface area contributed by atoms with Gasteiger partial charge in [-0.3, -0.25) is 4.79 Å². The van der Waals surface area contributed by atoms with Gasteiger partial charge in [-0.1, -0.05) is 24.3 Å². The molecule has 29 heavy (non-hydrogen) atoms. The first kappa shape index (κ1) is 20.2. The van der Waals surface area contributed by atoms with Crippen molar-refractivity contribution in [2.75, 3.05) is 12.4 Å². The summed E-state index contributed by atoms with van der Waals surface area (Å²) in [5.74, 6) is -0.174. The fraction of sp³-hybridized carbons (Fsp3) is 0.200. The third kappa shape index (κ3) is 4.34. The molecule has 3 amide bonds. The molecule has 0 saturated carbocycles. The molecular weight excluding hydrogens is 387 g/mol. The number of amides is 3. The molecule has 2 aromatic carbocycles. The van der Waals surface area contributed by atoms with Crippen molar-refractivity contribution in [1.82, 2.24) is 10.6 Å². The average Bonchev–Trinajstić information content (AvgIpc) is 2.67. The van der Waals surface area contributed by atoms with Crippen LogP contribution in [-0.2, 0) is 11.0 Å². The monoisotopic (exact) mass is 405 g/mol. The molecule has 0 fully saturated rings. The minimum absolute atomic E-state index is 0.103. The molecule has 1 heterocycles. The number of para-hydroxylation sites is 1. The number of rotatable bonds is 4. The first-order valence-corrected chi connectivity index (χ1v) is 8.60. The molecule has 0 unspecified atom stereocenters. The van der Waals surface area contributed by atoms with Crippen LogP contribution in [0.15, 0.2) is 59.8 Å². The fourth-order valence-corrected chi connectivity index (χ4v) is 3.07. The number of halogens is 3. The number of urea groups is 1. The summed E-state index contributed by atoms with van der Waals surface area (Å²) in [6.45, 7) is 1.51. The summed E-state index contributed by atoms with van der Waals surface area (Å²) in [5.41, 5.74) is -0.395. The van der Waals surface area contributed by atoms with E-state index in [0.717, 1.165) is 6.07 Å². The molecule has 1 atom stereocenters. The standard InChI is InChI=1S/C20H18F3N3O3/c1-11-16(18(27)25-15-6-4-3-5-14(15)20(21,22)23)17(26-19(28)24-11)12-7-9-13(29-2)10-8-12/h3-10,17H,1-2H3,(H,25,27)(H2,24,26,28)/t17-/m1/s1. The Balaban J connectivity index is 1.96. The van der Waals surface area contributed by atoms with Gasteiger partial charge >= 0.3 is 12.2 Å². The number of allylic oxidation sites excluding steroid dienone is 1. The van der Waals surface area contributed by atoms with Crippen LogP contribution >= 0.6 is 0 Å². The number of carbonyl (C=O) groups excluding carboxylic acids is 2. The van der Waals surface area contributed by atoms with Gasteiger partial charge in [-0.15, -0.1) is 0 Å². The predicted octanol–water partition coefficient (Wildman–Crippen LogP) is 3.98. The number of methoxy groups -OCH3 is 1. The molecule has 0 aliphatic carbocycles. The Morgan fingerprint density at radius 2 is 1.76 bits per heavy atom. The van der Waals surface area contributed by atoms with Gasteiger partial charge in [0.25, 0.3) is 5.91 Å². The summed E-state index contributed by atoms with van der Waals surface area (Å²) in [4.78, 5) is 24.8. The second kappa shape index (κ2) is 7.86. The van der Waals surface area contributed by atoms with Crippen LogP contribution in [0.2, 0.25) is 0 Å². The average molecular weight is 405 g/mol. The van der Waals surface area contributed by atoms with E-state index >= 15 is 0 Å².